The zero-order valence-electron chi connectivity index (χ0n) is 18.3. The molecule has 1 unspecified atom stereocenters. The molecule has 1 heterocycles. The van der Waals surface area contributed by atoms with Crippen molar-refractivity contribution in [3.8, 4) is 5.75 Å². The van der Waals surface area contributed by atoms with Crippen LogP contribution < -0.4 is 20.7 Å². The molecular weight excluding hydrogens is 366 g/mol. The number of benzene rings is 1. The second-order valence-corrected chi connectivity index (χ2v) is 7.74. The molecule has 7 nitrogen and oxygen atoms in total. The van der Waals surface area contributed by atoms with Crippen LogP contribution in [0.1, 0.15) is 38.7 Å². The SMILES string of the molecule is CCCNC(=O)CN1CCC(NC(=NC)NCC(C)Oc2ccc(C)cc2)CC1. The standard InChI is InChI=1S/C22H37N5O2/c1-5-12-24-21(28)16-27-13-10-19(11-14-27)26-22(23-4)25-15-18(3)29-20-8-6-17(2)7-9-20/h6-9,18-19H,5,10-16H2,1-4H3,(H,24,28)(H2,23,25,26). The van der Waals surface area contributed by atoms with E-state index in [2.05, 4.69) is 51.8 Å². The number of aryl methyl sites for hydroxylation is 1. The molecule has 0 saturated carbocycles. The number of aliphatic imine (C=N–C) groups is 1. The molecule has 29 heavy (non-hydrogen) atoms. The number of rotatable bonds is 9. The van der Waals surface area contributed by atoms with E-state index in [1.165, 1.54) is 5.56 Å². The number of ether oxygens (including phenoxy) is 1. The summed E-state index contributed by atoms with van der Waals surface area (Å²) in [7, 11) is 1.79. The summed E-state index contributed by atoms with van der Waals surface area (Å²) in [6, 6.07) is 8.46. The van der Waals surface area contributed by atoms with Gasteiger partial charge in [0.15, 0.2) is 5.96 Å². The van der Waals surface area contributed by atoms with Gasteiger partial charge in [-0.3, -0.25) is 14.7 Å². The molecular formula is C22H37N5O2. The van der Waals surface area contributed by atoms with Crippen LogP contribution in [0.25, 0.3) is 0 Å². The highest BCUT2D eigenvalue weighted by atomic mass is 16.5. The second kappa shape index (κ2) is 12.3. The number of hydrogen-bond acceptors (Lipinski definition) is 4. The third-order valence-corrected chi connectivity index (χ3v) is 5.01. The molecule has 0 spiro atoms. The van der Waals surface area contributed by atoms with E-state index in [1.807, 2.05) is 19.1 Å². The quantitative estimate of drug-likeness (QED) is 0.434. The Kier molecular flexibility index (Phi) is 9.77. The van der Waals surface area contributed by atoms with Crippen LogP contribution in [0.5, 0.6) is 5.75 Å². The molecule has 1 aliphatic rings. The van der Waals surface area contributed by atoms with E-state index in [0.717, 1.165) is 50.6 Å². The fraction of sp³-hybridized carbons (Fsp3) is 0.636. The smallest absolute Gasteiger partial charge is 0.234 e. The van der Waals surface area contributed by atoms with Gasteiger partial charge < -0.3 is 20.7 Å². The summed E-state index contributed by atoms with van der Waals surface area (Å²) < 4.78 is 5.94. The van der Waals surface area contributed by atoms with Gasteiger partial charge in [-0.05, 0) is 45.2 Å². The van der Waals surface area contributed by atoms with E-state index in [0.29, 0.717) is 19.1 Å². The third kappa shape index (κ3) is 8.73. The van der Waals surface area contributed by atoms with Gasteiger partial charge in [-0.1, -0.05) is 24.6 Å². The van der Waals surface area contributed by atoms with Crippen molar-refractivity contribution in [2.75, 3.05) is 39.8 Å². The van der Waals surface area contributed by atoms with Gasteiger partial charge in [0.05, 0.1) is 13.1 Å². The molecule has 0 bridgehead atoms. The normalized spacial score (nSPS) is 16.9. The van der Waals surface area contributed by atoms with E-state index in [4.69, 9.17) is 4.74 Å². The zero-order chi connectivity index (χ0) is 21.1. The molecule has 1 aliphatic heterocycles. The Bertz CT molecular complexity index is 639. The lowest BCUT2D eigenvalue weighted by atomic mass is 10.1. The molecule has 3 N–H and O–H groups in total. The first kappa shape index (κ1) is 23.0. The molecule has 1 aromatic rings. The predicted octanol–water partition coefficient (Wildman–Crippen LogP) is 1.92. The van der Waals surface area contributed by atoms with Crippen LogP contribution in [0.4, 0.5) is 0 Å². The number of carbonyl (C=O) groups excluding carboxylic acids is 1. The highest BCUT2D eigenvalue weighted by Crippen LogP contribution is 2.13. The summed E-state index contributed by atoms with van der Waals surface area (Å²) in [4.78, 5) is 18.4. The molecule has 7 heteroatoms. The lowest BCUT2D eigenvalue weighted by molar-refractivity contribution is -0.122. The highest BCUT2D eigenvalue weighted by Gasteiger charge is 2.21. The van der Waals surface area contributed by atoms with Crippen LogP contribution in [-0.2, 0) is 4.79 Å². The van der Waals surface area contributed by atoms with Crippen molar-refractivity contribution in [3.05, 3.63) is 29.8 Å². The van der Waals surface area contributed by atoms with Gasteiger partial charge >= 0.3 is 0 Å². The minimum absolute atomic E-state index is 0.0275. The first-order valence-electron chi connectivity index (χ1n) is 10.7. The molecule has 1 aromatic carbocycles. The van der Waals surface area contributed by atoms with Gasteiger partial charge in [-0.15, -0.1) is 0 Å². The minimum atomic E-state index is 0.0275. The first-order chi connectivity index (χ1) is 14.0. The molecule has 162 valence electrons. The van der Waals surface area contributed by atoms with Crippen LogP contribution in [0.2, 0.25) is 0 Å². The topological polar surface area (TPSA) is 78.0 Å². The van der Waals surface area contributed by atoms with E-state index < -0.39 is 0 Å². The van der Waals surface area contributed by atoms with Gasteiger partial charge in [0.2, 0.25) is 5.91 Å². The number of piperidine rings is 1. The summed E-state index contributed by atoms with van der Waals surface area (Å²) in [5.74, 6) is 1.80. The summed E-state index contributed by atoms with van der Waals surface area (Å²) in [6.07, 6.45) is 2.99. The predicted molar refractivity (Wildman–Crippen MR) is 119 cm³/mol. The fourth-order valence-corrected chi connectivity index (χ4v) is 3.28. The number of nitrogens with one attached hydrogen (secondary N) is 3. The van der Waals surface area contributed by atoms with Crippen LogP contribution in [0, 0.1) is 6.92 Å². The molecule has 2 rings (SSSR count). The Morgan fingerprint density at radius 1 is 1.24 bits per heavy atom. The Labute approximate surface area is 175 Å². The summed E-state index contributed by atoms with van der Waals surface area (Å²) in [5, 5.41) is 9.79. The summed E-state index contributed by atoms with van der Waals surface area (Å²) >= 11 is 0. The Morgan fingerprint density at radius 3 is 2.55 bits per heavy atom. The monoisotopic (exact) mass is 403 g/mol. The van der Waals surface area contributed by atoms with Gasteiger partial charge in [0.25, 0.3) is 0 Å². The maximum atomic E-state index is 11.9. The fourth-order valence-electron chi connectivity index (χ4n) is 3.28. The molecule has 1 fully saturated rings. The van der Waals surface area contributed by atoms with E-state index in [-0.39, 0.29) is 12.0 Å². The van der Waals surface area contributed by atoms with Crippen molar-refractivity contribution >= 4 is 11.9 Å². The maximum absolute atomic E-state index is 11.9. The molecule has 0 aliphatic carbocycles. The lowest BCUT2D eigenvalue weighted by Gasteiger charge is -2.32. The van der Waals surface area contributed by atoms with Crippen LogP contribution in [-0.4, -0.2) is 68.7 Å². The average Bonchev–Trinajstić information content (AvgIpc) is 2.72. The van der Waals surface area contributed by atoms with Crippen molar-refractivity contribution in [1.82, 2.24) is 20.9 Å². The molecule has 1 saturated heterocycles. The Balaban J connectivity index is 1.67. The minimum Gasteiger partial charge on any atom is -0.489 e. The van der Waals surface area contributed by atoms with Crippen molar-refractivity contribution < 1.29 is 9.53 Å². The van der Waals surface area contributed by atoms with Crippen molar-refractivity contribution in [1.29, 1.82) is 0 Å². The van der Waals surface area contributed by atoms with Crippen molar-refractivity contribution in [2.45, 2.75) is 52.2 Å². The molecule has 1 atom stereocenters. The average molecular weight is 404 g/mol. The molecule has 0 radical (unpaired) electrons. The van der Waals surface area contributed by atoms with Gasteiger partial charge in [-0.2, -0.15) is 0 Å². The number of carbonyl (C=O) groups is 1. The van der Waals surface area contributed by atoms with E-state index in [1.54, 1.807) is 7.05 Å². The van der Waals surface area contributed by atoms with Crippen LogP contribution in [0.15, 0.2) is 29.3 Å². The van der Waals surface area contributed by atoms with E-state index in [9.17, 15) is 4.79 Å². The maximum Gasteiger partial charge on any atom is 0.234 e. The van der Waals surface area contributed by atoms with Gasteiger partial charge in [0.1, 0.15) is 11.9 Å². The second-order valence-electron chi connectivity index (χ2n) is 7.74. The number of nitrogens with zero attached hydrogens (tertiary/aromatic N) is 2. The Morgan fingerprint density at radius 2 is 1.93 bits per heavy atom. The number of amides is 1. The summed E-state index contributed by atoms with van der Waals surface area (Å²) in [5.41, 5.74) is 1.22. The van der Waals surface area contributed by atoms with Crippen LogP contribution >= 0.6 is 0 Å². The third-order valence-electron chi connectivity index (χ3n) is 5.01. The van der Waals surface area contributed by atoms with Crippen molar-refractivity contribution in [2.24, 2.45) is 4.99 Å². The number of likely N-dealkylation sites (tertiary alicyclic amines) is 1. The number of hydrogen-bond donors (Lipinski definition) is 3. The first-order valence-corrected chi connectivity index (χ1v) is 10.7. The summed E-state index contributed by atoms with van der Waals surface area (Å²) in [6.45, 7) is 9.93. The zero-order valence-corrected chi connectivity index (χ0v) is 18.3. The highest BCUT2D eigenvalue weighted by molar-refractivity contribution is 5.80. The largest absolute Gasteiger partial charge is 0.489 e. The molecule has 1 amide bonds. The number of guanidine groups is 1. The lowest BCUT2D eigenvalue weighted by Crippen LogP contribution is -2.51. The van der Waals surface area contributed by atoms with Crippen molar-refractivity contribution in [3.63, 3.8) is 0 Å². The van der Waals surface area contributed by atoms with Gasteiger partial charge in [-0.25, -0.2) is 0 Å². The van der Waals surface area contributed by atoms with Gasteiger partial charge in [0, 0.05) is 32.7 Å². The molecule has 0 aromatic heterocycles. The van der Waals surface area contributed by atoms with Crippen LogP contribution in [0.3, 0.4) is 0 Å². The van der Waals surface area contributed by atoms with E-state index >= 15 is 0 Å². The Hall–Kier alpha value is -2.28.